The van der Waals surface area contributed by atoms with E-state index in [-0.39, 0.29) is 18.2 Å². The highest BCUT2D eigenvalue weighted by Gasteiger charge is 2.54. The molecule has 2 aromatic rings. The topological polar surface area (TPSA) is 88.9 Å². The Bertz CT molecular complexity index is 870. The SMILES string of the molecule is COC(=O)c1ccc(CN2C(=O)N[C@@]3(CCCc4sccc43)C2=O)o1. The molecule has 4 rings (SSSR count). The zero-order chi connectivity index (χ0) is 17.6. The summed E-state index contributed by atoms with van der Waals surface area (Å²) in [4.78, 5) is 39.3. The Morgan fingerprint density at radius 2 is 2.24 bits per heavy atom. The number of imide groups is 1. The maximum atomic E-state index is 13.1. The summed E-state index contributed by atoms with van der Waals surface area (Å²) < 4.78 is 9.97. The molecule has 3 amide bonds. The number of furan rings is 1. The molecule has 0 bridgehead atoms. The predicted molar refractivity (Wildman–Crippen MR) is 88.1 cm³/mol. The lowest BCUT2D eigenvalue weighted by Crippen LogP contribution is -2.45. The number of esters is 1. The fourth-order valence-corrected chi connectivity index (χ4v) is 4.51. The zero-order valence-corrected chi connectivity index (χ0v) is 14.4. The number of carbonyl (C=O) groups is 3. The first kappa shape index (κ1) is 15.9. The van der Waals surface area contributed by atoms with Crippen LogP contribution in [0.5, 0.6) is 0 Å². The molecule has 1 aliphatic carbocycles. The second-order valence-corrected chi connectivity index (χ2v) is 7.10. The van der Waals surface area contributed by atoms with E-state index in [1.165, 1.54) is 13.2 Å². The first-order valence-electron chi connectivity index (χ1n) is 7.93. The second kappa shape index (κ2) is 5.73. The minimum absolute atomic E-state index is 0.0249. The first-order chi connectivity index (χ1) is 12.0. The number of nitrogens with zero attached hydrogens (tertiary/aromatic N) is 1. The van der Waals surface area contributed by atoms with Crippen molar-refractivity contribution >= 4 is 29.2 Å². The average Bonchev–Trinajstić information content (AvgIpc) is 3.31. The van der Waals surface area contributed by atoms with Gasteiger partial charge in [-0.2, -0.15) is 0 Å². The summed E-state index contributed by atoms with van der Waals surface area (Å²) in [6, 6.07) is 4.50. The Balaban J connectivity index is 1.61. The normalized spacial score (nSPS) is 22.2. The lowest BCUT2D eigenvalue weighted by atomic mass is 9.80. The van der Waals surface area contributed by atoms with Crippen LogP contribution in [0.25, 0.3) is 0 Å². The van der Waals surface area contributed by atoms with Crippen LogP contribution >= 0.6 is 11.3 Å². The van der Waals surface area contributed by atoms with Crippen LogP contribution in [0.15, 0.2) is 28.0 Å². The standard InChI is InChI=1S/C17H16N2O5S/c1-23-14(20)12-5-4-10(24-12)9-19-15(21)17(18-16(19)22)7-2-3-13-11(17)6-8-25-13/h4-6,8H,2-3,7,9H2,1H3,(H,18,22)/t17-/m1/s1. The first-order valence-corrected chi connectivity index (χ1v) is 8.81. The summed E-state index contributed by atoms with van der Waals surface area (Å²) >= 11 is 1.61. The van der Waals surface area contributed by atoms with Crippen molar-refractivity contribution in [2.24, 2.45) is 0 Å². The molecular formula is C17H16N2O5S. The van der Waals surface area contributed by atoms with Gasteiger partial charge in [0.15, 0.2) is 0 Å². The van der Waals surface area contributed by atoms with Gasteiger partial charge in [0.05, 0.1) is 13.7 Å². The van der Waals surface area contributed by atoms with Crippen LogP contribution in [0.4, 0.5) is 4.79 Å². The minimum Gasteiger partial charge on any atom is -0.463 e. The highest BCUT2D eigenvalue weighted by Crippen LogP contribution is 2.42. The molecule has 7 nitrogen and oxygen atoms in total. The second-order valence-electron chi connectivity index (χ2n) is 6.10. The van der Waals surface area contributed by atoms with Gasteiger partial charge in [-0.15, -0.1) is 11.3 Å². The van der Waals surface area contributed by atoms with Crippen LogP contribution in [-0.2, 0) is 28.0 Å². The van der Waals surface area contributed by atoms with Crippen LogP contribution in [0.1, 0.15) is 39.6 Å². The molecule has 25 heavy (non-hydrogen) atoms. The number of fused-ring (bicyclic) bond motifs is 2. The Morgan fingerprint density at radius 3 is 3.04 bits per heavy atom. The van der Waals surface area contributed by atoms with Gasteiger partial charge >= 0.3 is 12.0 Å². The molecular weight excluding hydrogens is 344 g/mol. The fraction of sp³-hybridized carbons (Fsp3) is 0.353. The lowest BCUT2D eigenvalue weighted by molar-refractivity contribution is -0.132. The number of hydrogen-bond donors (Lipinski definition) is 1. The molecule has 1 aliphatic heterocycles. The number of amides is 3. The van der Waals surface area contributed by atoms with Crippen LogP contribution < -0.4 is 5.32 Å². The molecule has 130 valence electrons. The van der Waals surface area contributed by atoms with Gasteiger partial charge in [0.25, 0.3) is 5.91 Å². The average molecular weight is 360 g/mol. The van der Waals surface area contributed by atoms with E-state index in [4.69, 9.17) is 4.42 Å². The van der Waals surface area contributed by atoms with Gasteiger partial charge in [-0.3, -0.25) is 9.69 Å². The molecule has 2 aromatic heterocycles. The number of rotatable bonds is 3. The van der Waals surface area contributed by atoms with E-state index < -0.39 is 17.5 Å². The number of nitrogens with one attached hydrogen (secondary N) is 1. The number of thiophene rings is 1. The van der Waals surface area contributed by atoms with Crippen LogP contribution in [0.3, 0.4) is 0 Å². The highest BCUT2D eigenvalue weighted by molar-refractivity contribution is 7.10. The molecule has 1 N–H and O–H groups in total. The Morgan fingerprint density at radius 1 is 1.40 bits per heavy atom. The van der Waals surface area contributed by atoms with Gasteiger partial charge < -0.3 is 14.5 Å². The Hall–Kier alpha value is -2.61. The number of urea groups is 1. The summed E-state index contributed by atoms with van der Waals surface area (Å²) in [5, 5.41) is 4.84. The maximum absolute atomic E-state index is 13.1. The fourth-order valence-electron chi connectivity index (χ4n) is 3.51. The Labute approximate surface area is 147 Å². The van der Waals surface area contributed by atoms with Crippen LogP contribution in [0.2, 0.25) is 0 Å². The van der Waals surface area contributed by atoms with E-state index in [0.29, 0.717) is 12.2 Å². The Kier molecular flexibility index (Phi) is 3.64. The number of carbonyl (C=O) groups excluding carboxylic acids is 3. The molecule has 8 heteroatoms. The third kappa shape index (κ3) is 2.36. The van der Waals surface area contributed by atoms with E-state index in [2.05, 4.69) is 10.1 Å². The molecule has 0 unspecified atom stereocenters. The smallest absolute Gasteiger partial charge is 0.373 e. The summed E-state index contributed by atoms with van der Waals surface area (Å²) in [5.41, 5.74) is -0.0677. The van der Waals surface area contributed by atoms with Gasteiger partial charge in [-0.05, 0) is 42.8 Å². The van der Waals surface area contributed by atoms with Gasteiger partial charge in [0.2, 0.25) is 5.76 Å². The maximum Gasteiger partial charge on any atom is 0.373 e. The largest absolute Gasteiger partial charge is 0.463 e. The molecule has 1 saturated heterocycles. The van der Waals surface area contributed by atoms with E-state index in [0.717, 1.165) is 28.2 Å². The van der Waals surface area contributed by atoms with Crippen LogP contribution in [0, 0.1) is 0 Å². The quantitative estimate of drug-likeness (QED) is 0.671. The predicted octanol–water partition coefficient (Wildman–Crippen LogP) is 2.41. The van der Waals surface area contributed by atoms with Gasteiger partial charge in [0.1, 0.15) is 11.3 Å². The molecule has 1 fully saturated rings. The van der Waals surface area contributed by atoms with Gasteiger partial charge in [0, 0.05) is 10.4 Å². The van der Waals surface area contributed by atoms with Crippen molar-refractivity contribution < 1.29 is 23.5 Å². The van der Waals surface area contributed by atoms with E-state index in [1.807, 2.05) is 11.4 Å². The summed E-state index contributed by atoms with van der Waals surface area (Å²) in [7, 11) is 1.26. The van der Waals surface area contributed by atoms with Crippen molar-refractivity contribution in [3.8, 4) is 0 Å². The van der Waals surface area contributed by atoms with Crippen LogP contribution in [-0.4, -0.2) is 29.9 Å². The molecule has 1 atom stereocenters. The summed E-state index contributed by atoms with van der Waals surface area (Å²) in [5.74, 6) is -0.484. The van der Waals surface area contributed by atoms with Crippen molar-refractivity contribution in [1.82, 2.24) is 10.2 Å². The summed E-state index contributed by atoms with van der Waals surface area (Å²) in [6.45, 7) is -0.0249. The van der Waals surface area contributed by atoms with Crippen molar-refractivity contribution in [3.05, 3.63) is 45.5 Å². The molecule has 0 radical (unpaired) electrons. The minimum atomic E-state index is -0.970. The van der Waals surface area contributed by atoms with Crippen molar-refractivity contribution in [2.75, 3.05) is 7.11 Å². The van der Waals surface area contributed by atoms with Crippen molar-refractivity contribution in [1.29, 1.82) is 0 Å². The molecule has 2 aliphatic rings. The van der Waals surface area contributed by atoms with E-state index in [1.54, 1.807) is 17.4 Å². The van der Waals surface area contributed by atoms with Gasteiger partial charge in [-0.1, -0.05) is 0 Å². The lowest BCUT2D eigenvalue weighted by Gasteiger charge is -2.31. The number of methoxy groups -OCH3 is 1. The third-order valence-corrected chi connectivity index (χ3v) is 5.68. The van der Waals surface area contributed by atoms with Crippen molar-refractivity contribution in [3.63, 3.8) is 0 Å². The molecule has 0 saturated carbocycles. The molecule has 3 heterocycles. The van der Waals surface area contributed by atoms with E-state index >= 15 is 0 Å². The monoisotopic (exact) mass is 360 g/mol. The highest BCUT2D eigenvalue weighted by atomic mass is 32.1. The van der Waals surface area contributed by atoms with E-state index in [9.17, 15) is 14.4 Å². The number of hydrogen-bond acceptors (Lipinski definition) is 6. The zero-order valence-electron chi connectivity index (χ0n) is 13.5. The third-order valence-electron chi connectivity index (χ3n) is 4.70. The molecule has 0 aromatic carbocycles. The van der Waals surface area contributed by atoms with Gasteiger partial charge in [-0.25, -0.2) is 9.59 Å². The van der Waals surface area contributed by atoms with Crippen molar-refractivity contribution in [2.45, 2.75) is 31.3 Å². The molecule has 1 spiro atoms. The number of aryl methyl sites for hydroxylation is 1. The number of ether oxygens (including phenoxy) is 1. The summed E-state index contributed by atoms with van der Waals surface area (Å²) in [6.07, 6.45) is 2.36.